The fraction of sp³-hybridized carbons (Fsp3) is 0.762. The first-order chi connectivity index (χ1) is 15.2. The number of thiocarbonyl (C=S) groups is 1. The molecule has 1 aromatic rings. The lowest BCUT2D eigenvalue weighted by molar-refractivity contribution is 0.0389. The van der Waals surface area contributed by atoms with Crippen molar-refractivity contribution in [1.29, 1.82) is 0 Å². The predicted octanol–water partition coefficient (Wildman–Crippen LogP) is 1.31. The lowest BCUT2D eigenvalue weighted by atomic mass is 10.0. The summed E-state index contributed by atoms with van der Waals surface area (Å²) in [5.74, 6) is 2.47. The van der Waals surface area contributed by atoms with Gasteiger partial charge in [-0.1, -0.05) is 0 Å². The fourth-order valence-corrected chi connectivity index (χ4v) is 4.51. The van der Waals surface area contributed by atoms with Gasteiger partial charge >= 0.3 is 0 Å². The van der Waals surface area contributed by atoms with Gasteiger partial charge in [0.25, 0.3) is 0 Å². The lowest BCUT2D eigenvalue weighted by Gasteiger charge is -2.35. The number of aromatic nitrogens is 2. The Morgan fingerprint density at radius 1 is 1.03 bits per heavy atom. The molecule has 0 bridgehead atoms. The zero-order chi connectivity index (χ0) is 21.5. The number of morpholine rings is 2. The van der Waals surface area contributed by atoms with Crippen molar-refractivity contribution in [2.45, 2.75) is 32.2 Å². The highest BCUT2D eigenvalue weighted by molar-refractivity contribution is 7.80. The van der Waals surface area contributed by atoms with Crippen molar-refractivity contribution in [3.8, 4) is 0 Å². The standard InChI is InChI=1S/C21H35N7O2S/c1-17-4-2-3-6-28(17)19-16-18(27-10-14-30-15-11-27)23-20(24-19)25-21(31)22-5-7-26-8-12-29-13-9-26/h16-17H,2-15H2,1H3,(H2,22,23,24,25,31)/t17-/m1/s1. The van der Waals surface area contributed by atoms with Crippen LogP contribution in [0.5, 0.6) is 0 Å². The molecule has 3 fully saturated rings. The number of nitrogens with zero attached hydrogens (tertiary/aromatic N) is 5. The molecule has 1 aromatic heterocycles. The van der Waals surface area contributed by atoms with Gasteiger partial charge in [-0.25, -0.2) is 0 Å². The number of ether oxygens (including phenoxy) is 2. The Balaban J connectivity index is 1.42. The van der Waals surface area contributed by atoms with Crippen molar-refractivity contribution in [3.05, 3.63) is 6.07 Å². The van der Waals surface area contributed by atoms with E-state index in [9.17, 15) is 0 Å². The third kappa shape index (κ3) is 6.38. The molecule has 10 heteroatoms. The van der Waals surface area contributed by atoms with E-state index in [4.69, 9.17) is 31.7 Å². The maximum atomic E-state index is 5.53. The third-order valence-electron chi connectivity index (χ3n) is 6.17. The van der Waals surface area contributed by atoms with Crippen LogP contribution in [0.4, 0.5) is 17.6 Å². The summed E-state index contributed by atoms with van der Waals surface area (Å²) < 4.78 is 10.9. The van der Waals surface area contributed by atoms with E-state index in [2.05, 4.69) is 38.3 Å². The van der Waals surface area contributed by atoms with Crippen LogP contribution < -0.4 is 20.4 Å². The second kappa shape index (κ2) is 11.2. The minimum absolute atomic E-state index is 0.479. The molecule has 0 radical (unpaired) electrons. The van der Waals surface area contributed by atoms with Gasteiger partial charge in [-0.15, -0.1) is 0 Å². The molecule has 2 N–H and O–H groups in total. The van der Waals surface area contributed by atoms with E-state index in [0.717, 1.165) is 83.9 Å². The Kier molecular flexibility index (Phi) is 8.12. The van der Waals surface area contributed by atoms with Gasteiger partial charge in [-0.3, -0.25) is 4.90 Å². The van der Waals surface area contributed by atoms with Crippen LogP contribution in [0.2, 0.25) is 0 Å². The molecular formula is C21H35N7O2S. The normalized spacial score (nSPS) is 22.9. The van der Waals surface area contributed by atoms with Crippen molar-refractivity contribution in [2.24, 2.45) is 0 Å². The number of piperidine rings is 1. The third-order valence-corrected chi connectivity index (χ3v) is 6.42. The van der Waals surface area contributed by atoms with Gasteiger partial charge in [0.1, 0.15) is 11.6 Å². The summed E-state index contributed by atoms with van der Waals surface area (Å²) in [5, 5.41) is 7.08. The smallest absolute Gasteiger partial charge is 0.232 e. The van der Waals surface area contributed by atoms with E-state index in [1.807, 2.05) is 0 Å². The second-order valence-corrected chi connectivity index (χ2v) is 8.79. The van der Waals surface area contributed by atoms with E-state index in [1.165, 1.54) is 19.3 Å². The summed E-state index contributed by atoms with van der Waals surface area (Å²) in [6, 6.07) is 2.60. The Morgan fingerprint density at radius 3 is 2.48 bits per heavy atom. The van der Waals surface area contributed by atoms with Crippen LogP contribution >= 0.6 is 12.2 Å². The van der Waals surface area contributed by atoms with E-state index < -0.39 is 0 Å². The zero-order valence-electron chi connectivity index (χ0n) is 18.5. The van der Waals surface area contributed by atoms with Gasteiger partial charge in [0.05, 0.1) is 26.4 Å². The Hall–Kier alpha value is -1.75. The highest BCUT2D eigenvalue weighted by Crippen LogP contribution is 2.27. The van der Waals surface area contributed by atoms with Crippen LogP contribution in [0.1, 0.15) is 26.2 Å². The highest BCUT2D eigenvalue weighted by Gasteiger charge is 2.23. The molecule has 0 amide bonds. The molecular weight excluding hydrogens is 414 g/mol. The van der Waals surface area contributed by atoms with E-state index in [1.54, 1.807) is 0 Å². The Bertz CT molecular complexity index is 726. The zero-order valence-corrected chi connectivity index (χ0v) is 19.3. The minimum atomic E-state index is 0.479. The van der Waals surface area contributed by atoms with Gasteiger partial charge in [0.15, 0.2) is 5.11 Å². The van der Waals surface area contributed by atoms with Gasteiger partial charge < -0.3 is 29.9 Å². The van der Waals surface area contributed by atoms with Gasteiger partial charge in [0, 0.05) is 57.9 Å². The van der Waals surface area contributed by atoms with E-state index >= 15 is 0 Å². The first-order valence-electron chi connectivity index (χ1n) is 11.5. The van der Waals surface area contributed by atoms with Crippen LogP contribution in [0.15, 0.2) is 6.07 Å². The SMILES string of the molecule is C[C@@H]1CCCCN1c1cc(N2CCOCC2)nc(NC(=S)NCCN2CCOCC2)n1. The first kappa shape index (κ1) is 22.4. The molecule has 31 heavy (non-hydrogen) atoms. The van der Waals surface area contributed by atoms with E-state index in [0.29, 0.717) is 17.1 Å². The number of hydrogen-bond acceptors (Lipinski definition) is 8. The van der Waals surface area contributed by atoms with Crippen molar-refractivity contribution >= 4 is 34.9 Å². The number of rotatable bonds is 6. The average Bonchev–Trinajstić information content (AvgIpc) is 2.80. The molecule has 9 nitrogen and oxygen atoms in total. The summed E-state index contributed by atoms with van der Waals surface area (Å²) in [6.07, 6.45) is 3.67. The highest BCUT2D eigenvalue weighted by atomic mass is 32.1. The maximum Gasteiger partial charge on any atom is 0.232 e. The van der Waals surface area contributed by atoms with Gasteiger partial charge in [0.2, 0.25) is 5.95 Å². The van der Waals surface area contributed by atoms with Crippen molar-refractivity contribution in [3.63, 3.8) is 0 Å². The average molecular weight is 450 g/mol. The van der Waals surface area contributed by atoms with Crippen LogP contribution in [-0.4, -0.2) is 98.3 Å². The van der Waals surface area contributed by atoms with Crippen molar-refractivity contribution in [1.82, 2.24) is 20.2 Å². The largest absolute Gasteiger partial charge is 0.379 e. The van der Waals surface area contributed by atoms with Crippen LogP contribution in [0, 0.1) is 0 Å². The van der Waals surface area contributed by atoms with Crippen LogP contribution in [-0.2, 0) is 9.47 Å². The summed E-state index contributed by atoms with van der Waals surface area (Å²) in [7, 11) is 0. The number of anilines is 3. The molecule has 0 spiro atoms. The summed E-state index contributed by atoms with van der Waals surface area (Å²) in [4.78, 5) is 16.7. The summed E-state index contributed by atoms with van der Waals surface area (Å²) in [6.45, 7) is 11.7. The second-order valence-electron chi connectivity index (χ2n) is 8.38. The molecule has 0 aromatic carbocycles. The molecule has 4 heterocycles. The molecule has 3 saturated heterocycles. The topological polar surface area (TPSA) is 78.0 Å². The van der Waals surface area contributed by atoms with Gasteiger partial charge in [-0.05, 0) is 38.4 Å². The number of hydrogen-bond donors (Lipinski definition) is 2. The Morgan fingerprint density at radius 2 is 1.74 bits per heavy atom. The molecule has 3 aliphatic heterocycles. The predicted molar refractivity (Wildman–Crippen MR) is 127 cm³/mol. The number of nitrogens with one attached hydrogen (secondary N) is 2. The first-order valence-corrected chi connectivity index (χ1v) is 11.9. The molecule has 0 saturated carbocycles. The van der Waals surface area contributed by atoms with Crippen LogP contribution in [0.25, 0.3) is 0 Å². The monoisotopic (exact) mass is 449 g/mol. The van der Waals surface area contributed by atoms with Crippen LogP contribution in [0.3, 0.4) is 0 Å². The van der Waals surface area contributed by atoms with Crippen molar-refractivity contribution < 1.29 is 9.47 Å². The minimum Gasteiger partial charge on any atom is -0.379 e. The quantitative estimate of drug-likeness (QED) is 0.621. The maximum absolute atomic E-state index is 5.53. The van der Waals surface area contributed by atoms with Gasteiger partial charge in [-0.2, -0.15) is 9.97 Å². The Labute approximate surface area is 190 Å². The van der Waals surface area contributed by atoms with Crippen molar-refractivity contribution in [2.75, 3.05) is 87.4 Å². The fourth-order valence-electron chi connectivity index (χ4n) is 4.32. The molecule has 172 valence electrons. The molecule has 1 atom stereocenters. The molecule has 0 unspecified atom stereocenters. The lowest BCUT2D eigenvalue weighted by Crippen LogP contribution is -2.42. The summed E-state index contributed by atoms with van der Waals surface area (Å²) in [5.41, 5.74) is 0. The molecule has 4 rings (SSSR count). The van der Waals surface area contributed by atoms with E-state index in [-0.39, 0.29) is 0 Å². The summed E-state index contributed by atoms with van der Waals surface area (Å²) >= 11 is 5.53. The molecule has 0 aliphatic carbocycles. The molecule has 3 aliphatic rings.